The molecule has 2 atom stereocenters. The first-order valence-corrected chi connectivity index (χ1v) is 8.33. The third-order valence-electron chi connectivity index (χ3n) is 3.71. The van der Waals surface area contributed by atoms with E-state index in [1.54, 1.807) is 0 Å². The average molecular weight is 272 g/mol. The van der Waals surface area contributed by atoms with E-state index in [1.165, 1.54) is 51.4 Å². The van der Waals surface area contributed by atoms with Crippen LogP contribution in [0.3, 0.4) is 0 Å². The van der Waals surface area contributed by atoms with Gasteiger partial charge in [0.2, 0.25) is 0 Å². The van der Waals surface area contributed by atoms with E-state index in [0.717, 1.165) is 19.4 Å². The molecule has 0 rings (SSSR count). The van der Waals surface area contributed by atoms with Gasteiger partial charge in [0.15, 0.2) is 0 Å². The van der Waals surface area contributed by atoms with Crippen LogP contribution in [0.1, 0.15) is 78.1 Å². The molecule has 116 valence electrons. The van der Waals surface area contributed by atoms with Gasteiger partial charge in [0, 0.05) is 12.6 Å². The van der Waals surface area contributed by atoms with Crippen LogP contribution in [-0.2, 0) is 4.74 Å². The number of nitrogens with two attached hydrogens (primary N) is 2. The smallest absolute Gasteiger partial charge is 0.0723 e. The standard InChI is InChI=1S/C16H36N2O/c1-3-5-6-7-8-9-10-11-14-19-16(4-2)15(18)12-13-17/h15-16H,3-14,17-18H2,1-2H3. The van der Waals surface area contributed by atoms with Crippen molar-refractivity contribution in [3.05, 3.63) is 0 Å². The Bertz CT molecular complexity index is 176. The lowest BCUT2D eigenvalue weighted by Crippen LogP contribution is -2.38. The minimum Gasteiger partial charge on any atom is -0.377 e. The highest BCUT2D eigenvalue weighted by Crippen LogP contribution is 2.10. The summed E-state index contributed by atoms with van der Waals surface area (Å²) in [6.07, 6.45) is 12.7. The minimum absolute atomic E-state index is 0.101. The quantitative estimate of drug-likeness (QED) is 0.475. The molecule has 0 aliphatic carbocycles. The van der Waals surface area contributed by atoms with Crippen molar-refractivity contribution >= 4 is 0 Å². The third kappa shape index (κ3) is 11.4. The van der Waals surface area contributed by atoms with E-state index in [2.05, 4.69) is 13.8 Å². The molecule has 0 spiro atoms. The number of ether oxygens (including phenoxy) is 1. The molecule has 2 unspecified atom stereocenters. The summed E-state index contributed by atoms with van der Waals surface area (Å²) >= 11 is 0. The van der Waals surface area contributed by atoms with Crippen LogP contribution in [0, 0.1) is 0 Å². The van der Waals surface area contributed by atoms with Gasteiger partial charge in [-0.05, 0) is 25.8 Å². The van der Waals surface area contributed by atoms with Crippen molar-refractivity contribution in [2.75, 3.05) is 13.2 Å². The van der Waals surface area contributed by atoms with Crippen molar-refractivity contribution < 1.29 is 4.74 Å². The van der Waals surface area contributed by atoms with Crippen LogP contribution in [0.5, 0.6) is 0 Å². The summed E-state index contributed by atoms with van der Waals surface area (Å²) in [4.78, 5) is 0. The molecule has 0 aromatic heterocycles. The zero-order chi connectivity index (χ0) is 14.3. The highest BCUT2D eigenvalue weighted by atomic mass is 16.5. The van der Waals surface area contributed by atoms with Crippen LogP contribution >= 0.6 is 0 Å². The molecule has 0 bridgehead atoms. The van der Waals surface area contributed by atoms with E-state index < -0.39 is 0 Å². The summed E-state index contributed by atoms with van der Waals surface area (Å²) in [5, 5.41) is 0. The van der Waals surface area contributed by atoms with Crippen molar-refractivity contribution in [2.45, 2.75) is 90.2 Å². The SMILES string of the molecule is CCCCCCCCCCOC(CC)C(N)CCN. The lowest BCUT2D eigenvalue weighted by atomic mass is 10.1. The fourth-order valence-electron chi connectivity index (χ4n) is 2.39. The van der Waals surface area contributed by atoms with Crippen molar-refractivity contribution in [1.29, 1.82) is 0 Å². The fourth-order valence-corrected chi connectivity index (χ4v) is 2.39. The van der Waals surface area contributed by atoms with Gasteiger partial charge in [0.1, 0.15) is 0 Å². The maximum Gasteiger partial charge on any atom is 0.0723 e. The van der Waals surface area contributed by atoms with Crippen molar-refractivity contribution in [2.24, 2.45) is 11.5 Å². The molecule has 0 radical (unpaired) electrons. The second kappa shape index (κ2) is 14.3. The minimum atomic E-state index is 0.101. The molecule has 3 nitrogen and oxygen atoms in total. The molecule has 0 heterocycles. The molecule has 0 amide bonds. The molecule has 0 aromatic carbocycles. The molecule has 0 aromatic rings. The molecular weight excluding hydrogens is 236 g/mol. The van der Waals surface area contributed by atoms with E-state index in [9.17, 15) is 0 Å². The van der Waals surface area contributed by atoms with E-state index >= 15 is 0 Å². The maximum absolute atomic E-state index is 6.04. The molecule has 0 aliphatic rings. The average Bonchev–Trinajstić information content (AvgIpc) is 2.41. The molecular formula is C16H36N2O. The van der Waals surface area contributed by atoms with Gasteiger partial charge in [-0.1, -0.05) is 58.8 Å². The van der Waals surface area contributed by atoms with Gasteiger partial charge >= 0.3 is 0 Å². The Morgan fingerprint density at radius 2 is 1.47 bits per heavy atom. The summed E-state index contributed by atoms with van der Waals surface area (Å²) in [6.45, 7) is 5.90. The van der Waals surface area contributed by atoms with Crippen molar-refractivity contribution in [1.82, 2.24) is 0 Å². The molecule has 0 saturated carbocycles. The monoisotopic (exact) mass is 272 g/mol. The Labute approximate surface area is 120 Å². The fraction of sp³-hybridized carbons (Fsp3) is 1.00. The molecule has 4 N–H and O–H groups in total. The Morgan fingerprint density at radius 1 is 0.895 bits per heavy atom. The van der Waals surface area contributed by atoms with Gasteiger partial charge in [-0.15, -0.1) is 0 Å². The van der Waals surface area contributed by atoms with Gasteiger partial charge in [0.25, 0.3) is 0 Å². The van der Waals surface area contributed by atoms with Crippen LogP contribution in [0.4, 0.5) is 0 Å². The number of unbranched alkanes of at least 4 members (excludes halogenated alkanes) is 7. The van der Waals surface area contributed by atoms with Crippen LogP contribution < -0.4 is 11.5 Å². The summed E-state index contributed by atoms with van der Waals surface area (Å²) in [5.74, 6) is 0. The van der Waals surface area contributed by atoms with Crippen molar-refractivity contribution in [3.63, 3.8) is 0 Å². The highest BCUT2D eigenvalue weighted by Gasteiger charge is 2.15. The zero-order valence-electron chi connectivity index (χ0n) is 13.2. The lowest BCUT2D eigenvalue weighted by molar-refractivity contribution is 0.0294. The molecule has 3 heteroatoms. The number of hydrogen-bond acceptors (Lipinski definition) is 3. The molecule has 0 aliphatic heterocycles. The van der Waals surface area contributed by atoms with E-state index in [-0.39, 0.29) is 12.1 Å². The van der Waals surface area contributed by atoms with Gasteiger partial charge in [-0.2, -0.15) is 0 Å². The normalized spacial score (nSPS) is 14.5. The Morgan fingerprint density at radius 3 is 2.00 bits per heavy atom. The van der Waals surface area contributed by atoms with Gasteiger partial charge in [-0.3, -0.25) is 0 Å². The van der Waals surface area contributed by atoms with Crippen LogP contribution in [0.15, 0.2) is 0 Å². The van der Waals surface area contributed by atoms with E-state index in [0.29, 0.717) is 6.54 Å². The largest absolute Gasteiger partial charge is 0.377 e. The summed E-state index contributed by atoms with van der Waals surface area (Å²) in [5.41, 5.74) is 11.6. The second-order valence-electron chi connectivity index (χ2n) is 5.53. The summed E-state index contributed by atoms with van der Waals surface area (Å²) in [6, 6.07) is 0.101. The van der Waals surface area contributed by atoms with Gasteiger partial charge in [0.05, 0.1) is 6.10 Å². The third-order valence-corrected chi connectivity index (χ3v) is 3.71. The van der Waals surface area contributed by atoms with Gasteiger partial charge < -0.3 is 16.2 Å². The Hall–Kier alpha value is -0.120. The molecule has 0 saturated heterocycles. The van der Waals surface area contributed by atoms with E-state index in [1.807, 2.05) is 0 Å². The van der Waals surface area contributed by atoms with Crippen molar-refractivity contribution in [3.8, 4) is 0 Å². The summed E-state index contributed by atoms with van der Waals surface area (Å²) in [7, 11) is 0. The van der Waals surface area contributed by atoms with E-state index in [4.69, 9.17) is 16.2 Å². The second-order valence-corrected chi connectivity index (χ2v) is 5.53. The zero-order valence-corrected chi connectivity index (χ0v) is 13.2. The van der Waals surface area contributed by atoms with Crippen LogP contribution in [0.25, 0.3) is 0 Å². The number of rotatable bonds is 14. The molecule has 19 heavy (non-hydrogen) atoms. The first-order chi connectivity index (χ1) is 9.26. The first-order valence-electron chi connectivity index (χ1n) is 8.33. The van der Waals surface area contributed by atoms with Crippen LogP contribution in [0.2, 0.25) is 0 Å². The van der Waals surface area contributed by atoms with Gasteiger partial charge in [-0.25, -0.2) is 0 Å². The predicted octanol–water partition coefficient (Wildman–Crippen LogP) is 3.60. The predicted molar refractivity (Wildman–Crippen MR) is 84.3 cm³/mol. The van der Waals surface area contributed by atoms with Crippen LogP contribution in [-0.4, -0.2) is 25.3 Å². The first kappa shape index (κ1) is 18.9. The maximum atomic E-state index is 6.04. The number of hydrogen-bond donors (Lipinski definition) is 2. The molecule has 0 fully saturated rings. The topological polar surface area (TPSA) is 61.3 Å². The Balaban J connectivity index is 3.36. The lowest BCUT2D eigenvalue weighted by Gasteiger charge is -2.22. The highest BCUT2D eigenvalue weighted by molar-refractivity contribution is 4.72. The Kier molecular flexibility index (Phi) is 14.2. The summed E-state index contributed by atoms with van der Waals surface area (Å²) < 4.78 is 5.87.